The zero-order valence-electron chi connectivity index (χ0n) is 11.6. The molecule has 0 bridgehead atoms. The average Bonchev–Trinajstić information content (AvgIpc) is 2.34. The highest BCUT2D eigenvalue weighted by Crippen LogP contribution is 2.17. The Morgan fingerprint density at radius 1 is 1.53 bits per heavy atom. The molecule has 19 heavy (non-hydrogen) atoms. The molecule has 0 fully saturated rings. The Balaban J connectivity index is 2.87. The highest BCUT2D eigenvalue weighted by molar-refractivity contribution is 5.95. The normalized spacial score (nSPS) is 12.2. The van der Waals surface area contributed by atoms with Crippen molar-refractivity contribution >= 4 is 11.6 Å². The fraction of sp³-hybridized carbons (Fsp3) is 0.500. The minimum absolute atomic E-state index is 0.0188. The number of nitrogens with one attached hydrogen (secondary N) is 1. The zero-order chi connectivity index (χ0) is 14.4. The van der Waals surface area contributed by atoms with E-state index < -0.39 is 11.7 Å². The lowest BCUT2D eigenvalue weighted by molar-refractivity contribution is 0.0887. The van der Waals surface area contributed by atoms with Gasteiger partial charge in [-0.25, -0.2) is 4.39 Å². The first-order chi connectivity index (χ1) is 8.99. The molecule has 0 radical (unpaired) electrons. The van der Waals surface area contributed by atoms with E-state index in [0.717, 1.165) is 12.8 Å². The summed E-state index contributed by atoms with van der Waals surface area (Å²) < 4.78 is 18.9. The Kier molecular flexibility index (Phi) is 5.76. The summed E-state index contributed by atoms with van der Waals surface area (Å²) >= 11 is 0. The number of methoxy groups -OCH3 is 1. The summed E-state index contributed by atoms with van der Waals surface area (Å²) in [7, 11) is 1.57. The van der Waals surface area contributed by atoms with Gasteiger partial charge in [-0.2, -0.15) is 0 Å². The van der Waals surface area contributed by atoms with Crippen LogP contribution in [0.4, 0.5) is 10.1 Å². The van der Waals surface area contributed by atoms with Crippen molar-refractivity contribution in [1.82, 2.24) is 5.32 Å². The number of carbonyl (C=O) groups excluding carboxylic acids is 1. The molecule has 1 amide bonds. The van der Waals surface area contributed by atoms with E-state index in [-0.39, 0.29) is 11.6 Å². The van der Waals surface area contributed by atoms with Gasteiger partial charge in [0.25, 0.3) is 5.91 Å². The minimum atomic E-state index is -0.528. The Morgan fingerprint density at radius 2 is 2.21 bits per heavy atom. The summed E-state index contributed by atoms with van der Waals surface area (Å²) in [6.07, 6.45) is 1.69. The van der Waals surface area contributed by atoms with Gasteiger partial charge in [0.1, 0.15) is 5.82 Å². The summed E-state index contributed by atoms with van der Waals surface area (Å²) in [5, 5.41) is 2.77. The van der Waals surface area contributed by atoms with Gasteiger partial charge in [-0.3, -0.25) is 4.79 Å². The Morgan fingerprint density at radius 3 is 2.79 bits per heavy atom. The number of benzene rings is 1. The van der Waals surface area contributed by atoms with Crippen LogP contribution in [-0.2, 0) is 4.74 Å². The topological polar surface area (TPSA) is 64.3 Å². The number of hydrogen-bond donors (Lipinski definition) is 2. The summed E-state index contributed by atoms with van der Waals surface area (Å²) in [4.78, 5) is 12.1. The van der Waals surface area contributed by atoms with Crippen molar-refractivity contribution in [2.24, 2.45) is 0 Å². The summed E-state index contributed by atoms with van der Waals surface area (Å²) in [6, 6.07) is 2.74. The maximum absolute atomic E-state index is 13.9. The van der Waals surface area contributed by atoms with Crippen molar-refractivity contribution in [3.8, 4) is 0 Å². The lowest BCUT2D eigenvalue weighted by Crippen LogP contribution is -2.38. The number of nitrogen functional groups attached to an aromatic ring is 1. The first-order valence-corrected chi connectivity index (χ1v) is 6.35. The second-order valence-corrected chi connectivity index (χ2v) is 4.61. The van der Waals surface area contributed by atoms with Crippen molar-refractivity contribution in [1.29, 1.82) is 0 Å². The molecule has 0 aliphatic carbocycles. The van der Waals surface area contributed by atoms with E-state index in [1.165, 1.54) is 12.1 Å². The van der Waals surface area contributed by atoms with Crippen LogP contribution < -0.4 is 11.1 Å². The number of nitrogens with two attached hydrogens (primary N) is 1. The van der Waals surface area contributed by atoms with E-state index in [2.05, 4.69) is 5.32 Å². The van der Waals surface area contributed by atoms with Crippen molar-refractivity contribution in [3.63, 3.8) is 0 Å². The second-order valence-electron chi connectivity index (χ2n) is 4.61. The highest BCUT2D eigenvalue weighted by atomic mass is 19.1. The van der Waals surface area contributed by atoms with Crippen LogP contribution in [-0.4, -0.2) is 25.7 Å². The largest absolute Gasteiger partial charge is 0.399 e. The van der Waals surface area contributed by atoms with Crippen LogP contribution in [0, 0.1) is 12.7 Å². The Hall–Kier alpha value is -1.62. The van der Waals surface area contributed by atoms with E-state index in [1.807, 2.05) is 6.92 Å². The molecule has 1 rings (SSSR count). The van der Waals surface area contributed by atoms with Gasteiger partial charge >= 0.3 is 0 Å². The van der Waals surface area contributed by atoms with E-state index in [1.54, 1.807) is 14.0 Å². The van der Waals surface area contributed by atoms with Gasteiger partial charge in [-0.1, -0.05) is 13.3 Å². The first-order valence-electron chi connectivity index (χ1n) is 6.35. The predicted octanol–water partition coefficient (Wildman–Crippen LogP) is 2.26. The Bertz CT molecular complexity index is 443. The van der Waals surface area contributed by atoms with Gasteiger partial charge in [0, 0.05) is 12.8 Å². The molecule has 1 aromatic carbocycles. The minimum Gasteiger partial charge on any atom is -0.399 e. The summed E-state index contributed by atoms with van der Waals surface area (Å²) in [5.74, 6) is -0.984. The van der Waals surface area contributed by atoms with Gasteiger partial charge in [-0.05, 0) is 31.0 Å². The molecule has 106 valence electrons. The van der Waals surface area contributed by atoms with Crippen molar-refractivity contribution < 1.29 is 13.9 Å². The number of carbonyl (C=O) groups is 1. The summed E-state index contributed by atoms with van der Waals surface area (Å²) in [6.45, 7) is 4.00. The van der Waals surface area contributed by atoms with Crippen molar-refractivity contribution in [2.75, 3.05) is 19.5 Å². The lowest BCUT2D eigenvalue weighted by atomic mass is 10.1. The number of rotatable bonds is 6. The smallest absolute Gasteiger partial charge is 0.254 e. The lowest BCUT2D eigenvalue weighted by Gasteiger charge is -2.17. The summed E-state index contributed by atoms with van der Waals surface area (Å²) in [5.41, 5.74) is 6.37. The monoisotopic (exact) mass is 268 g/mol. The molecule has 0 spiro atoms. The van der Waals surface area contributed by atoms with Crippen LogP contribution in [0.25, 0.3) is 0 Å². The van der Waals surface area contributed by atoms with E-state index in [4.69, 9.17) is 10.5 Å². The maximum atomic E-state index is 13.9. The quantitative estimate of drug-likeness (QED) is 0.778. The molecule has 0 aliphatic rings. The molecule has 0 saturated carbocycles. The van der Waals surface area contributed by atoms with Crippen molar-refractivity contribution in [3.05, 3.63) is 29.1 Å². The van der Waals surface area contributed by atoms with Crippen LogP contribution in [0.5, 0.6) is 0 Å². The van der Waals surface area contributed by atoms with Crippen LogP contribution in [0.3, 0.4) is 0 Å². The van der Waals surface area contributed by atoms with Crippen LogP contribution in [0.2, 0.25) is 0 Å². The Labute approximate surface area is 113 Å². The molecule has 1 aromatic rings. The maximum Gasteiger partial charge on any atom is 0.254 e. The van der Waals surface area contributed by atoms with Gasteiger partial charge < -0.3 is 15.8 Å². The van der Waals surface area contributed by atoms with Gasteiger partial charge in [0.15, 0.2) is 0 Å². The number of anilines is 1. The molecule has 0 aliphatic heterocycles. The van der Waals surface area contributed by atoms with E-state index in [9.17, 15) is 9.18 Å². The SMILES string of the molecule is CCCC(COC)NC(=O)c1cc(N)cc(C)c1F. The van der Waals surface area contributed by atoms with Crippen LogP contribution in [0.1, 0.15) is 35.7 Å². The first kappa shape index (κ1) is 15.4. The highest BCUT2D eigenvalue weighted by Gasteiger charge is 2.18. The standard InChI is InChI=1S/C14H21FN2O2/c1-4-5-11(8-19-3)17-14(18)12-7-10(16)6-9(2)13(12)15/h6-7,11H,4-5,8,16H2,1-3H3,(H,17,18). The molecule has 1 atom stereocenters. The third-order valence-corrected chi connectivity index (χ3v) is 2.86. The second kappa shape index (κ2) is 7.09. The third kappa shape index (κ3) is 4.21. The van der Waals surface area contributed by atoms with E-state index in [0.29, 0.717) is 17.9 Å². The van der Waals surface area contributed by atoms with Crippen LogP contribution in [0.15, 0.2) is 12.1 Å². The third-order valence-electron chi connectivity index (χ3n) is 2.86. The molecule has 3 N–H and O–H groups in total. The number of amides is 1. The predicted molar refractivity (Wildman–Crippen MR) is 73.6 cm³/mol. The molecule has 4 nitrogen and oxygen atoms in total. The van der Waals surface area contributed by atoms with Gasteiger partial charge in [0.05, 0.1) is 18.2 Å². The number of hydrogen-bond acceptors (Lipinski definition) is 3. The molecular weight excluding hydrogens is 247 g/mol. The molecule has 0 aromatic heterocycles. The van der Waals surface area contributed by atoms with Gasteiger partial charge in [-0.15, -0.1) is 0 Å². The van der Waals surface area contributed by atoms with Crippen molar-refractivity contribution in [2.45, 2.75) is 32.7 Å². The molecule has 5 heteroatoms. The van der Waals surface area contributed by atoms with Crippen LogP contribution >= 0.6 is 0 Å². The van der Waals surface area contributed by atoms with Gasteiger partial charge in [0.2, 0.25) is 0 Å². The average molecular weight is 268 g/mol. The molecule has 1 unspecified atom stereocenters. The fourth-order valence-corrected chi connectivity index (χ4v) is 1.97. The molecule has 0 saturated heterocycles. The molecule has 0 heterocycles. The number of ether oxygens (including phenoxy) is 1. The van der Waals surface area contributed by atoms with E-state index >= 15 is 0 Å². The molecular formula is C14H21FN2O2. The fourth-order valence-electron chi connectivity index (χ4n) is 1.97. The number of aryl methyl sites for hydroxylation is 1. The zero-order valence-corrected chi connectivity index (χ0v) is 11.6. The number of halogens is 1.